The Kier molecular flexibility index (Phi) is 5.87. The molecular weight excluding hydrogens is 456 g/mol. The van der Waals surface area contributed by atoms with Crippen molar-refractivity contribution in [3.05, 3.63) is 30.6 Å². The lowest BCUT2D eigenvalue weighted by Gasteiger charge is -2.41. The van der Waals surface area contributed by atoms with Crippen LogP contribution in [0.2, 0.25) is 0 Å². The summed E-state index contributed by atoms with van der Waals surface area (Å²) in [5.74, 6) is 0.255. The summed E-state index contributed by atoms with van der Waals surface area (Å²) in [6.45, 7) is 3.80. The predicted molar refractivity (Wildman–Crippen MR) is 129 cm³/mol. The molecule has 2 aromatic rings. The lowest BCUT2D eigenvalue weighted by atomic mass is 9.96. The zero-order chi connectivity index (χ0) is 24.0. The van der Waals surface area contributed by atoms with E-state index in [4.69, 9.17) is 4.74 Å². The highest BCUT2D eigenvalue weighted by Crippen LogP contribution is 2.40. The van der Waals surface area contributed by atoms with Crippen LogP contribution in [-0.2, 0) is 19.4 Å². The average Bonchev–Trinajstić information content (AvgIpc) is 3.24. The van der Waals surface area contributed by atoms with E-state index in [-0.39, 0.29) is 41.7 Å². The number of rotatable bonds is 3. The summed E-state index contributed by atoms with van der Waals surface area (Å²) in [6.07, 6.45) is 7.41. The van der Waals surface area contributed by atoms with E-state index in [1.54, 1.807) is 20.7 Å². The Balaban J connectivity index is 1.47. The van der Waals surface area contributed by atoms with Gasteiger partial charge in [0.2, 0.25) is 5.91 Å². The molecule has 0 radical (unpaired) electrons. The van der Waals surface area contributed by atoms with Gasteiger partial charge in [-0.3, -0.25) is 14.4 Å². The van der Waals surface area contributed by atoms with Gasteiger partial charge in [0.25, 0.3) is 0 Å². The van der Waals surface area contributed by atoms with Crippen LogP contribution in [0.1, 0.15) is 52.0 Å². The highest BCUT2D eigenvalue weighted by atomic mass is 32.2. The summed E-state index contributed by atoms with van der Waals surface area (Å²) in [4.78, 5) is 28.8. The normalized spacial score (nSPS) is 24.3. The fourth-order valence-electron chi connectivity index (χ4n) is 5.05. The average molecular weight is 487 g/mol. The maximum Gasteiger partial charge on any atom is 0.414 e. The molecule has 0 spiro atoms. The van der Waals surface area contributed by atoms with Gasteiger partial charge in [0.15, 0.2) is 9.84 Å². The molecule has 9 nitrogen and oxygen atoms in total. The Bertz CT molecular complexity index is 1220. The van der Waals surface area contributed by atoms with Crippen molar-refractivity contribution in [3.8, 4) is 11.1 Å². The van der Waals surface area contributed by atoms with Gasteiger partial charge >= 0.3 is 6.09 Å². The largest absolute Gasteiger partial charge is 0.446 e. The SMILES string of the molecule is CC(=O)N1c2ccc(-c3cnn(C4CCCS(=O)(=O)C4)c3)cc2N(C(=O)OC2CCC2)C[C@@H]1C. The number of amides is 2. The van der Waals surface area contributed by atoms with Crippen LogP contribution in [-0.4, -0.2) is 60.4 Å². The van der Waals surface area contributed by atoms with E-state index in [2.05, 4.69) is 5.10 Å². The molecule has 0 N–H and O–H groups in total. The molecule has 2 atom stereocenters. The van der Waals surface area contributed by atoms with Gasteiger partial charge in [-0.2, -0.15) is 5.10 Å². The smallest absolute Gasteiger partial charge is 0.414 e. The Morgan fingerprint density at radius 3 is 2.56 bits per heavy atom. The molecule has 1 saturated carbocycles. The maximum atomic E-state index is 13.0. The minimum Gasteiger partial charge on any atom is -0.446 e. The van der Waals surface area contributed by atoms with Gasteiger partial charge < -0.3 is 9.64 Å². The number of fused-ring (bicyclic) bond motifs is 1. The first-order chi connectivity index (χ1) is 16.2. The van der Waals surface area contributed by atoms with Crippen molar-refractivity contribution >= 4 is 33.2 Å². The summed E-state index contributed by atoms with van der Waals surface area (Å²) >= 11 is 0. The second-order valence-electron chi connectivity index (χ2n) is 9.61. The molecule has 182 valence electrons. The first-order valence-corrected chi connectivity index (χ1v) is 13.7. The summed E-state index contributed by atoms with van der Waals surface area (Å²) in [5.41, 5.74) is 2.96. The fraction of sp³-hybridized carbons (Fsp3) is 0.542. The van der Waals surface area contributed by atoms with Crippen LogP contribution in [0.25, 0.3) is 11.1 Å². The number of anilines is 2. The van der Waals surface area contributed by atoms with Crippen molar-refractivity contribution in [2.45, 2.75) is 64.1 Å². The molecule has 1 saturated heterocycles. The second-order valence-corrected chi connectivity index (χ2v) is 11.8. The van der Waals surface area contributed by atoms with E-state index in [0.717, 1.165) is 36.8 Å². The monoisotopic (exact) mass is 486 g/mol. The van der Waals surface area contributed by atoms with E-state index < -0.39 is 9.84 Å². The zero-order valence-electron chi connectivity index (χ0n) is 19.5. The van der Waals surface area contributed by atoms with Gasteiger partial charge in [-0.15, -0.1) is 0 Å². The van der Waals surface area contributed by atoms with Crippen LogP contribution in [0.3, 0.4) is 0 Å². The van der Waals surface area contributed by atoms with Crippen LogP contribution in [0.5, 0.6) is 0 Å². The lowest BCUT2D eigenvalue weighted by Crippen LogP contribution is -2.52. The van der Waals surface area contributed by atoms with E-state index >= 15 is 0 Å². The number of carbonyl (C=O) groups excluding carboxylic acids is 2. The number of sulfone groups is 1. The molecule has 34 heavy (non-hydrogen) atoms. The third kappa shape index (κ3) is 4.31. The van der Waals surface area contributed by atoms with E-state index in [0.29, 0.717) is 24.3 Å². The fourth-order valence-corrected chi connectivity index (χ4v) is 6.73. The summed E-state index contributed by atoms with van der Waals surface area (Å²) in [5, 5.41) is 4.44. The number of hydrogen-bond acceptors (Lipinski definition) is 6. The number of ether oxygens (including phenoxy) is 1. The van der Waals surface area contributed by atoms with Crippen molar-refractivity contribution in [1.29, 1.82) is 0 Å². The van der Waals surface area contributed by atoms with Crippen LogP contribution in [0.15, 0.2) is 30.6 Å². The minimum absolute atomic E-state index is 0.0368. The second kappa shape index (κ2) is 8.72. The van der Waals surface area contributed by atoms with Gasteiger partial charge in [-0.1, -0.05) is 6.07 Å². The number of hydrogen-bond donors (Lipinski definition) is 0. The Labute approximate surface area is 199 Å². The molecule has 2 aliphatic heterocycles. The molecule has 1 aromatic heterocycles. The third-order valence-electron chi connectivity index (χ3n) is 7.04. The van der Waals surface area contributed by atoms with Crippen molar-refractivity contribution in [2.24, 2.45) is 0 Å². The Morgan fingerprint density at radius 1 is 1.09 bits per heavy atom. The molecule has 2 amide bonds. The first-order valence-electron chi connectivity index (χ1n) is 11.9. The summed E-state index contributed by atoms with van der Waals surface area (Å²) < 4.78 is 31.5. The highest BCUT2D eigenvalue weighted by molar-refractivity contribution is 7.91. The molecule has 3 aliphatic rings. The van der Waals surface area contributed by atoms with Gasteiger partial charge in [0, 0.05) is 25.2 Å². The lowest BCUT2D eigenvalue weighted by molar-refractivity contribution is -0.117. The molecule has 10 heteroatoms. The van der Waals surface area contributed by atoms with Gasteiger partial charge in [-0.05, 0) is 56.7 Å². The van der Waals surface area contributed by atoms with Crippen LogP contribution in [0.4, 0.5) is 16.2 Å². The van der Waals surface area contributed by atoms with Gasteiger partial charge in [0.1, 0.15) is 6.10 Å². The number of aromatic nitrogens is 2. The molecule has 5 rings (SSSR count). The Morgan fingerprint density at radius 2 is 1.88 bits per heavy atom. The van der Waals surface area contributed by atoms with Gasteiger partial charge in [0.05, 0.1) is 41.2 Å². The topological polar surface area (TPSA) is 102 Å². The van der Waals surface area contributed by atoms with Crippen molar-refractivity contribution in [3.63, 3.8) is 0 Å². The molecule has 3 heterocycles. The third-order valence-corrected chi connectivity index (χ3v) is 8.84. The zero-order valence-corrected chi connectivity index (χ0v) is 20.3. The van der Waals surface area contributed by atoms with Crippen molar-refractivity contribution in [2.75, 3.05) is 27.9 Å². The minimum atomic E-state index is -3.05. The quantitative estimate of drug-likeness (QED) is 0.658. The Hall–Kier alpha value is -2.88. The van der Waals surface area contributed by atoms with Crippen molar-refractivity contribution in [1.82, 2.24) is 9.78 Å². The standard InChI is InChI=1S/C24H30N4O5S/c1-16-13-26(24(30)33-21-6-3-7-21)23-11-18(8-9-22(23)28(16)17(2)29)19-12-25-27(14-19)20-5-4-10-34(31,32)15-20/h8-9,11-12,14,16,20-21H,3-7,10,13,15H2,1-2H3/t16-,20?/m0/s1. The number of benzene rings is 1. The summed E-state index contributed by atoms with van der Waals surface area (Å²) in [6, 6.07) is 5.29. The number of nitrogens with zero attached hydrogens (tertiary/aromatic N) is 4. The molecular formula is C24H30N4O5S. The van der Waals surface area contributed by atoms with Crippen LogP contribution in [0, 0.1) is 0 Å². The molecule has 0 bridgehead atoms. The summed E-state index contributed by atoms with van der Waals surface area (Å²) in [7, 11) is -3.05. The predicted octanol–water partition coefficient (Wildman–Crippen LogP) is 3.55. The van der Waals surface area contributed by atoms with E-state index in [1.807, 2.05) is 31.3 Å². The highest BCUT2D eigenvalue weighted by Gasteiger charge is 2.36. The van der Waals surface area contributed by atoms with Gasteiger partial charge in [-0.25, -0.2) is 13.2 Å². The van der Waals surface area contributed by atoms with E-state index in [9.17, 15) is 18.0 Å². The first kappa shape index (κ1) is 22.9. The molecule has 1 aromatic carbocycles. The number of carbonyl (C=O) groups is 2. The van der Waals surface area contributed by atoms with E-state index in [1.165, 1.54) is 6.92 Å². The molecule has 1 unspecified atom stereocenters. The van der Waals surface area contributed by atoms with Crippen LogP contribution < -0.4 is 9.80 Å². The maximum absolute atomic E-state index is 13.0. The van der Waals surface area contributed by atoms with Crippen molar-refractivity contribution < 1.29 is 22.7 Å². The molecule has 2 fully saturated rings. The van der Waals surface area contributed by atoms with Crippen LogP contribution >= 0.6 is 0 Å². The molecule has 1 aliphatic carbocycles.